The molecule has 0 unspecified atom stereocenters. The molecule has 2 aliphatic heterocycles. The Labute approximate surface area is 233 Å². The lowest BCUT2D eigenvalue weighted by Gasteiger charge is -2.57. The third-order valence-electron chi connectivity index (χ3n) is 8.64. The molecule has 12 heteroatoms. The van der Waals surface area contributed by atoms with Gasteiger partial charge in [0.05, 0.1) is 25.5 Å². The van der Waals surface area contributed by atoms with E-state index < -0.39 is 18.1 Å². The van der Waals surface area contributed by atoms with Crippen molar-refractivity contribution in [2.24, 2.45) is 11.3 Å². The van der Waals surface area contributed by atoms with Gasteiger partial charge in [0.15, 0.2) is 0 Å². The minimum Gasteiger partial charge on any atom is -0.415 e. The smallest absolute Gasteiger partial charge is 0.314 e. The number of piperidine rings is 1. The molecule has 214 valence electrons. The minimum atomic E-state index is -2.86. The number of halogens is 3. The molecule has 1 amide bonds. The standard InChI is InChI=1S/C29H29F3N6O3/c30-20-2-1-3-22(11-20)38(28(39)18-4-7-36(8-5-18)23-12-29(13-23)16-40-17-29)15-21-14-37-9-6-19(10-24(37)33-21)26-34-35-27(41-26)25(31)32/h1-3,6,9-11,14,18,23,25H,4-5,7-8,12-13,15-17H2. The number of aromatic nitrogens is 4. The number of benzene rings is 1. The van der Waals surface area contributed by atoms with Crippen molar-refractivity contribution in [2.75, 3.05) is 31.2 Å². The number of fused-ring (bicyclic) bond motifs is 1. The molecule has 1 spiro atoms. The first-order valence-electron chi connectivity index (χ1n) is 13.8. The normalized spacial score (nSPS) is 19.5. The highest BCUT2D eigenvalue weighted by Crippen LogP contribution is 2.49. The average molecular weight is 567 g/mol. The van der Waals surface area contributed by atoms with Crippen LogP contribution < -0.4 is 4.90 Å². The molecule has 0 atom stereocenters. The first-order valence-corrected chi connectivity index (χ1v) is 13.8. The molecule has 0 bridgehead atoms. The molecule has 4 aromatic rings. The second-order valence-electron chi connectivity index (χ2n) is 11.4. The first kappa shape index (κ1) is 26.1. The minimum absolute atomic E-state index is 0.0339. The van der Waals surface area contributed by atoms with Crippen molar-refractivity contribution in [3.63, 3.8) is 0 Å². The molecule has 0 radical (unpaired) electrons. The van der Waals surface area contributed by atoms with Crippen LogP contribution in [0.15, 0.2) is 53.2 Å². The number of rotatable bonds is 7. The van der Waals surface area contributed by atoms with Crippen LogP contribution in [0.25, 0.3) is 17.1 Å². The molecule has 1 aromatic carbocycles. The number of hydrogen-bond donors (Lipinski definition) is 0. The van der Waals surface area contributed by atoms with Gasteiger partial charge in [-0.25, -0.2) is 9.37 Å². The van der Waals surface area contributed by atoms with Gasteiger partial charge in [-0.1, -0.05) is 6.07 Å². The van der Waals surface area contributed by atoms with Crippen LogP contribution in [0, 0.1) is 17.2 Å². The molecule has 3 aliphatic rings. The zero-order valence-corrected chi connectivity index (χ0v) is 22.3. The van der Waals surface area contributed by atoms with E-state index in [1.807, 2.05) is 0 Å². The summed E-state index contributed by atoms with van der Waals surface area (Å²) in [4.78, 5) is 22.7. The number of hydrogen-bond acceptors (Lipinski definition) is 7. The van der Waals surface area contributed by atoms with E-state index in [2.05, 4.69) is 20.1 Å². The Hall–Kier alpha value is -3.77. The number of nitrogens with zero attached hydrogens (tertiary/aromatic N) is 6. The Morgan fingerprint density at radius 2 is 1.93 bits per heavy atom. The van der Waals surface area contributed by atoms with Gasteiger partial charge in [-0.15, -0.1) is 10.2 Å². The van der Waals surface area contributed by atoms with Gasteiger partial charge < -0.3 is 23.4 Å². The van der Waals surface area contributed by atoms with E-state index in [1.165, 1.54) is 25.0 Å². The lowest BCUT2D eigenvalue weighted by Crippen LogP contribution is -2.60. The monoisotopic (exact) mass is 566 g/mol. The van der Waals surface area contributed by atoms with Gasteiger partial charge in [0, 0.05) is 41.0 Å². The van der Waals surface area contributed by atoms with E-state index in [0.29, 0.717) is 34.0 Å². The van der Waals surface area contributed by atoms with Crippen LogP contribution >= 0.6 is 0 Å². The van der Waals surface area contributed by atoms with Crippen LogP contribution in [0.3, 0.4) is 0 Å². The zero-order valence-electron chi connectivity index (χ0n) is 22.3. The van der Waals surface area contributed by atoms with Crippen molar-refractivity contribution in [1.82, 2.24) is 24.5 Å². The van der Waals surface area contributed by atoms with E-state index >= 15 is 0 Å². The Morgan fingerprint density at radius 1 is 1.12 bits per heavy atom. The lowest BCUT2D eigenvalue weighted by atomic mass is 9.63. The Kier molecular flexibility index (Phi) is 6.54. The van der Waals surface area contributed by atoms with Crippen LogP contribution in [0.5, 0.6) is 0 Å². The third-order valence-corrected chi connectivity index (χ3v) is 8.64. The van der Waals surface area contributed by atoms with Crippen molar-refractivity contribution < 1.29 is 27.1 Å². The molecule has 2 saturated heterocycles. The summed E-state index contributed by atoms with van der Waals surface area (Å²) in [5, 5.41) is 7.08. The lowest BCUT2D eigenvalue weighted by molar-refractivity contribution is -0.186. The van der Waals surface area contributed by atoms with Gasteiger partial charge in [-0.05, 0) is 69.1 Å². The summed E-state index contributed by atoms with van der Waals surface area (Å²) in [7, 11) is 0. The quantitative estimate of drug-likeness (QED) is 0.315. The molecule has 1 saturated carbocycles. The predicted molar refractivity (Wildman–Crippen MR) is 142 cm³/mol. The summed E-state index contributed by atoms with van der Waals surface area (Å²) in [5.74, 6) is -1.41. The highest BCUT2D eigenvalue weighted by Gasteiger charge is 2.51. The van der Waals surface area contributed by atoms with Crippen molar-refractivity contribution in [2.45, 2.75) is 44.7 Å². The number of carbonyl (C=O) groups excluding carboxylic acids is 1. The van der Waals surface area contributed by atoms with Crippen molar-refractivity contribution >= 4 is 17.2 Å². The summed E-state index contributed by atoms with van der Waals surface area (Å²) in [6, 6.07) is 9.93. The molecule has 9 nitrogen and oxygen atoms in total. The Balaban J connectivity index is 1.08. The molecular formula is C29H29F3N6O3. The average Bonchev–Trinajstić information content (AvgIpc) is 3.57. The Bertz CT molecular complexity index is 1570. The van der Waals surface area contributed by atoms with Gasteiger partial charge in [-0.2, -0.15) is 8.78 Å². The maximum Gasteiger partial charge on any atom is 0.314 e. The first-order chi connectivity index (χ1) is 19.9. The van der Waals surface area contributed by atoms with Crippen LogP contribution in [0.2, 0.25) is 0 Å². The fourth-order valence-electron chi connectivity index (χ4n) is 6.34. The molecular weight excluding hydrogens is 537 g/mol. The van der Waals surface area contributed by atoms with Crippen LogP contribution in [0.4, 0.5) is 18.9 Å². The predicted octanol–water partition coefficient (Wildman–Crippen LogP) is 4.89. The summed E-state index contributed by atoms with van der Waals surface area (Å²) in [5.41, 5.74) is 2.44. The van der Waals surface area contributed by atoms with Gasteiger partial charge in [0.1, 0.15) is 11.5 Å². The van der Waals surface area contributed by atoms with Gasteiger partial charge in [-0.3, -0.25) is 4.79 Å². The highest BCUT2D eigenvalue weighted by molar-refractivity contribution is 5.95. The van der Waals surface area contributed by atoms with Gasteiger partial charge in [0.25, 0.3) is 5.89 Å². The number of amides is 1. The second kappa shape index (κ2) is 10.3. The van der Waals surface area contributed by atoms with Crippen LogP contribution in [-0.4, -0.2) is 62.7 Å². The number of likely N-dealkylation sites (tertiary alicyclic amines) is 1. The van der Waals surface area contributed by atoms with Crippen LogP contribution in [-0.2, 0) is 16.1 Å². The molecule has 0 N–H and O–H groups in total. The van der Waals surface area contributed by atoms with Gasteiger partial charge >= 0.3 is 6.43 Å². The fourth-order valence-corrected chi connectivity index (χ4v) is 6.34. The Morgan fingerprint density at radius 3 is 2.61 bits per heavy atom. The summed E-state index contributed by atoms with van der Waals surface area (Å²) in [6.45, 7) is 3.65. The molecule has 1 aliphatic carbocycles. The fraction of sp³-hybridized carbons (Fsp3) is 0.448. The van der Waals surface area contributed by atoms with Crippen molar-refractivity contribution in [3.8, 4) is 11.5 Å². The van der Waals surface area contributed by atoms with E-state index in [1.54, 1.807) is 46.0 Å². The number of carbonyl (C=O) groups is 1. The molecule has 3 fully saturated rings. The summed E-state index contributed by atoms with van der Waals surface area (Å²) < 4.78 is 52.2. The van der Waals surface area contributed by atoms with E-state index in [-0.39, 0.29) is 24.3 Å². The summed E-state index contributed by atoms with van der Waals surface area (Å²) in [6.07, 6.45) is 4.50. The number of imidazole rings is 1. The second-order valence-corrected chi connectivity index (χ2v) is 11.4. The van der Waals surface area contributed by atoms with E-state index in [9.17, 15) is 18.0 Å². The third kappa shape index (κ3) is 4.99. The van der Waals surface area contributed by atoms with Crippen LogP contribution in [0.1, 0.15) is 43.7 Å². The summed E-state index contributed by atoms with van der Waals surface area (Å²) >= 11 is 0. The maximum absolute atomic E-state index is 14.2. The molecule has 7 rings (SSSR count). The molecule has 5 heterocycles. The largest absolute Gasteiger partial charge is 0.415 e. The topological polar surface area (TPSA) is 89.0 Å². The number of anilines is 1. The maximum atomic E-state index is 14.2. The van der Waals surface area contributed by atoms with Crippen molar-refractivity contribution in [3.05, 3.63) is 66.2 Å². The number of pyridine rings is 1. The van der Waals surface area contributed by atoms with E-state index in [0.717, 1.165) is 39.1 Å². The SMILES string of the molecule is O=C(C1CCN(C2CC3(COC3)C2)CC1)N(Cc1cn2ccc(-c3nnc(C(F)F)o3)cc2n1)c1cccc(F)c1. The highest BCUT2D eigenvalue weighted by atomic mass is 19.3. The van der Waals surface area contributed by atoms with E-state index in [4.69, 9.17) is 9.15 Å². The number of alkyl halides is 2. The van der Waals surface area contributed by atoms with Gasteiger partial charge in [0.2, 0.25) is 11.8 Å². The van der Waals surface area contributed by atoms with Crippen molar-refractivity contribution in [1.29, 1.82) is 0 Å². The number of ether oxygens (including phenoxy) is 1. The molecule has 3 aromatic heterocycles. The zero-order chi connectivity index (χ0) is 28.1. The molecule has 41 heavy (non-hydrogen) atoms.